The summed E-state index contributed by atoms with van der Waals surface area (Å²) in [7, 11) is 0. The number of aromatic nitrogens is 8. The quantitative estimate of drug-likeness (QED) is 0.0895. The highest BCUT2D eigenvalue weighted by Crippen LogP contribution is 2.45. The van der Waals surface area contributed by atoms with Crippen LogP contribution in [0.4, 0.5) is 0 Å². The molecule has 0 spiro atoms. The molecule has 2 N–H and O–H groups in total. The van der Waals surface area contributed by atoms with Crippen molar-refractivity contribution in [2.75, 3.05) is 0 Å². The standard InChI is InChI=1S/C74H92N8/c1-17-47-51(21-5)67-59(29-13)69-53(23-7)55(25-9)71(79-69)61(73-57(27-11)49(19-3)65(81(73)31-15)41-45-35-33-43(75-45)39-63(47)77-67)37-38-62-72-56(26-10)54(24-8)70(80-72)60(30-14)68-52(22-6)48(18-2)64(78-68)40-44-34-36-46(76-44)42-66-50(20-4)58(28-12)74(62)82(66)32-16/h33-42,77-78H,17-32H2,1-16H3/b38-37-,43-39?,44-40?,45-41?,46-42?,63-39?,64-40?,65-41?,66-42?,67-59?,68-60?,69-59?,70-60?,71-61?,72-62?,73-61?,74-62?. The fraction of sp³-hybridized carbons (Fsp3) is 0.432. The Balaban J connectivity index is 1.50. The molecule has 0 amide bonds. The molecule has 82 heavy (non-hydrogen) atoms. The van der Waals surface area contributed by atoms with Gasteiger partial charge in [-0.05, 0) is 231 Å². The number of H-pyrrole nitrogens is 2. The Hall–Kier alpha value is -7.06. The Kier molecular flexibility index (Phi) is 17.3. The van der Waals surface area contributed by atoms with Gasteiger partial charge in [-0.3, -0.25) is 0 Å². The van der Waals surface area contributed by atoms with Crippen molar-refractivity contribution in [1.29, 1.82) is 0 Å². The lowest BCUT2D eigenvalue weighted by Gasteiger charge is -2.13. The monoisotopic (exact) mass is 1090 g/mol. The van der Waals surface area contributed by atoms with E-state index in [1.807, 2.05) is 0 Å². The average Bonchev–Trinajstić information content (AvgIpc) is 4.58. The zero-order valence-corrected chi connectivity index (χ0v) is 52.8. The van der Waals surface area contributed by atoms with E-state index in [0.29, 0.717) is 0 Å². The van der Waals surface area contributed by atoms with Crippen LogP contribution in [0.2, 0.25) is 0 Å². The van der Waals surface area contributed by atoms with Crippen LogP contribution in [0.1, 0.15) is 249 Å². The molecule has 0 saturated carbocycles. The van der Waals surface area contributed by atoms with E-state index in [-0.39, 0.29) is 0 Å². The second-order valence-corrected chi connectivity index (χ2v) is 22.4. The molecule has 0 unspecified atom stereocenters. The third-order valence-electron chi connectivity index (χ3n) is 18.6. The van der Waals surface area contributed by atoms with E-state index in [1.54, 1.807) is 0 Å². The van der Waals surface area contributed by atoms with Crippen molar-refractivity contribution in [3.05, 3.63) is 137 Å². The Bertz CT molecular complexity index is 3790. The molecule has 0 fully saturated rings. The minimum absolute atomic E-state index is 0.795. The van der Waals surface area contributed by atoms with Gasteiger partial charge in [0.25, 0.3) is 0 Å². The van der Waals surface area contributed by atoms with E-state index in [1.165, 1.54) is 122 Å². The van der Waals surface area contributed by atoms with Gasteiger partial charge in [-0.15, -0.1) is 0 Å². The largest absolute Gasteiger partial charge is 0.355 e. The molecule has 0 aliphatic carbocycles. The van der Waals surface area contributed by atoms with Gasteiger partial charge < -0.3 is 19.1 Å². The van der Waals surface area contributed by atoms with Gasteiger partial charge in [0, 0.05) is 68.4 Å². The van der Waals surface area contributed by atoms with E-state index in [4.69, 9.17) is 19.9 Å². The lowest BCUT2D eigenvalue weighted by atomic mass is 9.92. The number of fused-ring (bicyclic) bond motifs is 16. The fourth-order valence-electron chi connectivity index (χ4n) is 15.0. The molecule has 0 aromatic carbocycles. The molecule has 0 atom stereocenters. The number of nitrogens with one attached hydrogen (secondary N) is 2. The molecule has 428 valence electrons. The summed E-state index contributed by atoms with van der Waals surface area (Å²) < 4.78 is 5.22. The molecule has 10 heterocycles. The average molecular weight is 1090 g/mol. The Labute approximate surface area is 489 Å². The third-order valence-corrected chi connectivity index (χ3v) is 18.6. The summed E-state index contributed by atoms with van der Waals surface area (Å²) >= 11 is 0. The van der Waals surface area contributed by atoms with Crippen molar-refractivity contribution in [2.45, 2.75) is 214 Å². The Morgan fingerprint density at radius 3 is 0.915 bits per heavy atom. The SMILES string of the molecule is CCC1=C(CC)c2nc1c(CC)c1[nH]c(cc3nc(cc4c(CC)c(CC)c(c2/C=C\c2c5nc(c(CC)c6[nH]c(cc7nc(cc8c(CC)c(CC)c2n8CC)C=C7)c(CC)c6CC)C(CC)=C5CC)n4CC)C=C3)c(CC)c1CC. The van der Waals surface area contributed by atoms with Crippen LogP contribution in [-0.4, -0.2) is 39.0 Å². The molecule has 10 rings (SSSR count). The second-order valence-electron chi connectivity index (χ2n) is 22.4. The predicted molar refractivity (Wildman–Crippen MR) is 356 cm³/mol. The first-order chi connectivity index (χ1) is 40.0. The van der Waals surface area contributed by atoms with Crippen LogP contribution in [-0.2, 0) is 77.3 Å². The first-order valence-electron chi connectivity index (χ1n) is 32.1. The highest BCUT2D eigenvalue weighted by atomic mass is 15.0. The van der Waals surface area contributed by atoms with Crippen molar-refractivity contribution in [2.24, 2.45) is 0 Å². The highest BCUT2D eigenvalue weighted by Gasteiger charge is 2.30. The van der Waals surface area contributed by atoms with Crippen molar-refractivity contribution in [1.82, 2.24) is 39.0 Å². The van der Waals surface area contributed by atoms with Gasteiger partial charge in [0.05, 0.1) is 56.6 Å². The number of hydrogen-bond donors (Lipinski definition) is 2. The summed E-state index contributed by atoms with van der Waals surface area (Å²) in [6, 6.07) is 9.28. The minimum Gasteiger partial charge on any atom is -0.355 e. The molecule has 6 aromatic rings. The maximum Gasteiger partial charge on any atom is 0.0765 e. The number of aromatic amines is 2. The smallest absolute Gasteiger partial charge is 0.0765 e. The van der Waals surface area contributed by atoms with Crippen molar-refractivity contribution in [3.8, 4) is 0 Å². The van der Waals surface area contributed by atoms with Gasteiger partial charge in [-0.2, -0.15) is 0 Å². The molecule has 16 bridgehead atoms. The molecule has 8 heteroatoms. The van der Waals surface area contributed by atoms with E-state index in [2.05, 4.69) is 191 Å². The first-order valence-corrected chi connectivity index (χ1v) is 32.1. The number of aryl methyl sites for hydroxylation is 12. The topological polar surface area (TPSA) is 93.0 Å². The molecule has 6 aromatic heterocycles. The Morgan fingerprint density at radius 2 is 0.622 bits per heavy atom. The van der Waals surface area contributed by atoms with Crippen LogP contribution in [0, 0.1) is 0 Å². The maximum atomic E-state index is 6.12. The van der Waals surface area contributed by atoms with Gasteiger partial charge in [0.1, 0.15) is 0 Å². The Morgan fingerprint density at radius 1 is 0.317 bits per heavy atom. The molecule has 0 saturated heterocycles. The molecule has 4 aliphatic heterocycles. The summed E-state index contributed by atoms with van der Waals surface area (Å²) in [6.07, 6.45) is 26.4. The van der Waals surface area contributed by atoms with Crippen LogP contribution >= 0.6 is 0 Å². The lowest BCUT2D eigenvalue weighted by molar-refractivity contribution is 0.820. The predicted octanol–water partition coefficient (Wildman–Crippen LogP) is 19.5. The van der Waals surface area contributed by atoms with Gasteiger partial charge in [0.2, 0.25) is 0 Å². The van der Waals surface area contributed by atoms with Gasteiger partial charge in [-0.25, -0.2) is 19.9 Å². The number of hydrogen-bond acceptors (Lipinski definition) is 4. The summed E-state index contributed by atoms with van der Waals surface area (Å²) in [4.78, 5) is 31.0. The maximum absolute atomic E-state index is 6.12. The van der Waals surface area contributed by atoms with Gasteiger partial charge in [-0.1, -0.05) is 96.9 Å². The molecular formula is C74H92N8. The van der Waals surface area contributed by atoms with Gasteiger partial charge in [0.15, 0.2) is 0 Å². The van der Waals surface area contributed by atoms with Crippen molar-refractivity contribution < 1.29 is 0 Å². The van der Waals surface area contributed by atoms with E-state index in [9.17, 15) is 0 Å². The molecular weight excluding hydrogens is 1000 g/mol. The molecule has 4 aliphatic rings. The zero-order valence-electron chi connectivity index (χ0n) is 52.8. The fourth-order valence-corrected chi connectivity index (χ4v) is 15.0. The van der Waals surface area contributed by atoms with Crippen LogP contribution in [0.25, 0.3) is 103 Å². The van der Waals surface area contributed by atoms with E-state index in [0.717, 1.165) is 160 Å². The first kappa shape index (κ1) is 58.1. The third kappa shape index (κ3) is 9.44. The normalized spacial score (nSPS) is 13.4. The summed E-state index contributed by atoms with van der Waals surface area (Å²) in [5, 5.41) is 0. The van der Waals surface area contributed by atoms with Crippen LogP contribution in [0.3, 0.4) is 0 Å². The number of rotatable bonds is 18. The van der Waals surface area contributed by atoms with Crippen molar-refractivity contribution in [3.63, 3.8) is 0 Å². The zero-order chi connectivity index (χ0) is 58.3. The van der Waals surface area contributed by atoms with Gasteiger partial charge >= 0.3 is 0 Å². The molecule has 8 nitrogen and oxygen atoms in total. The number of allylic oxidation sites excluding steroid dienone is 4. The molecule has 0 radical (unpaired) electrons. The van der Waals surface area contributed by atoms with Crippen LogP contribution in [0.15, 0.2) is 24.3 Å². The van der Waals surface area contributed by atoms with Crippen LogP contribution < -0.4 is 0 Å². The lowest BCUT2D eigenvalue weighted by Crippen LogP contribution is -2.00. The summed E-state index contributed by atoms with van der Waals surface area (Å²) in [5.74, 6) is 0. The van der Waals surface area contributed by atoms with E-state index >= 15 is 0 Å². The summed E-state index contributed by atoms with van der Waals surface area (Å²) in [6.45, 7) is 38.9. The van der Waals surface area contributed by atoms with Crippen molar-refractivity contribution >= 4 is 103 Å². The highest BCUT2D eigenvalue weighted by molar-refractivity contribution is 6.03. The second kappa shape index (κ2) is 24.4. The number of nitrogens with zero attached hydrogens (tertiary/aromatic N) is 6. The summed E-state index contributed by atoms with van der Waals surface area (Å²) in [5.41, 5.74) is 39.6. The van der Waals surface area contributed by atoms with E-state index < -0.39 is 0 Å². The minimum atomic E-state index is 0.795. The van der Waals surface area contributed by atoms with Crippen LogP contribution in [0.5, 0.6) is 0 Å².